The van der Waals surface area contributed by atoms with Crippen molar-refractivity contribution < 1.29 is 4.79 Å². The van der Waals surface area contributed by atoms with Gasteiger partial charge in [0.15, 0.2) is 0 Å². The molecule has 0 fully saturated rings. The monoisotopic (exact) mass is 160 g/mol. The Hall–Kier alpha value is -0.490. The van der Waals surface area contributed by atoms with Crippen LogP contribution in [0.3, 0.4) is 0 Å². The van der Waals surface area contributed by atoms with Gasteiger partial charge in [-0.1, -0.05) is 23.2 Å². The zero-order valence-corrected chi connectivity index (χ0v) is 5.83. The fraction of sp³-hybridized carbons (Fsp3) is 0. The van der Waals surface area contributed by atoms with E-state index >= 15 is 0 Å². The summed E-state index contributed by atoms with van der Waals surface area (Å²) in [6.45, 7) is 0. The summed E-state index contributed by atoms with van der Waals surface area (Å²) in [7, 11) is 0. The molecule has 0 aromatic carbocycles. The molecule has 0 heterocycles. The minimum atomic E-state index is 0.394. The number of hydrogen-bond donors (Lipinski definition) is 0. The second-order valence-corrected chi connectivity index (χ2v) is 2.36. The maximum Gasteiger partial charge on any atom is 0.132 e. The molecule has 0 saturated heterocycles. The van der Waals surface area contributed by atoms with Gasteiger partial charge in [-0.15, -0.1) is 0 Å². The summed E-state index contributed by atoms with van der Waals surface area (Å²) in [6.07, 6.45) is 2.94. The molecular formula is C6H2Cl2O. The quantitative estimate of drug-likeness (QED) is 0.496. The molecule has 0 aromatic rings. The molecule has 46 valence electrons. The molecule has 9 heavy (non-hydrogen) atoms. The maximum atomic E-state index is 9.93. The fourth-order valence-corrected chi connectivity index (χ4v) is 0.856. The highest BCUT2D eigenvalue weighted by atomic mass is 35.5. The van der Waals surface area contributed by atoms with Gasteiger partial charge in [-0.3, -0.25) is 0 Å². The Morgan fingerprint density at radius 3 is 1.89 bits per heavy atom. The zero-order chi connectivity index (χ0) is 6.85. The first kappa shape index (κ1) is 6.63. The molecule has 0 N–H and O–H groups in total. The van der Waals surface area contributed by atoms with E-state index in [1.807, 2.05) is 0 Å². The van der Waals surface area contributed by atoms with E-state index in [2.05, 4.69) is 0 Å². The maximum absolute atomic E-state index is 9.93. The molecule has 1 aliphatic rings. The lowest BCUT2D eigenvalue weighted by molar-refractivity contribution is 0.568. The molecule has 0 unspecified atom stereocenters. The second kappa shape index (κ2) is 2.40. The Morgan fingerprint density at radius 1 is 1.22 bits per heavy atom. The van der Waals surface area contributed by atoms with Crippen molar-refractivity contribution in [2.75, 3.05) is 0 Å². The molecular weight excluding hydrogens is 159 g/mol. The van der Waals surface area contributed by atoms with Crippen molar-refractivity contribution in [1.29, 1.82) is 0 Å². The first-order valence-electron chi connectivity index (χ1n) is 2.24. The summed E-state index contributed by atoms with van der Waals surface area (Å²) < 4.78 is 0. The molecule has 0 atom stereocenters. The SMILES string of the molecule is O=C=C1C=C(Cl)C(Cl)=C1. The minimum absolute atomic E-state index is 0.394. The Morgan fingerprint density at radius 2 is 1.67 bits per heavy atom. The van der Waals surface area contributed by atoms with Crippen LogP contribution in [0, 0.1) is 0 Å². The Balaban J connectivity index is 3.10. The van der Waals surface area contributed by atoms with E-state index in [0.29, 0.717) is 15.6 Å². The predicted octanol–water partition coefficient (Wildman–Crippen LogP) is 2.00. The van der Waals surface area contributed by atoms with Crippen molar-refractivity contribution >= 4 is 29.1 Å². The summed E-state index contributed by atoms with van der Waals surface area (Å²) in [5.74, 6) is 1.67. The van der Waals surface area contributed by atoms with Gasteiger partial charge in [0.05, 0.1) is 15.6 Å². The molecule has 1 aliphatic carbocycles. The molecule has 3 heteroatoms. The lowest BCUT2D eigenvalue weighted by Gasteiger charge is -1.80. The zero-order valence-electron chi connectivity index (χ0n) is 4.32. The number of rotatable bonds is 0. The number of carbonyl (C=O) groups excluding carboxylic acids is 1. The molecule has 0 amide bonds. The van der Waals surface area contributed by atoms with Crippen LogP contribution in [0.2, 0.25) is 0 Å². The van der Waals surface area contributed by atoms with Crippen LogP contribution in [0.4, 0.5) is 0 Å². The van der Waals surface area contributed by atoms with Crippen LogP contribution >= 0.6 is 23.2 Å². The van der Waals surface area contributed by atoms with Gasteiger partial charge >= 0.3 is 0 Å². The highest BCUT2D eigenvalue weighted by Gasteiger charge is 2.07. The van der Waals surface area contributed by atoms with Gasteiger partial charge in [0, 0.05) is 0 Å². The van der Waals surface area contributed by atoms with E-state index in [1.165, 1.54) is 12.2 Å². The average Bonchev–Trinajstić information content (AvgIpc) is 2.13. The van der Waals surface area contributed by atoms with Crippen LogP contribution in [-0.4, -0.2) is 5.94 Å². The van der Waals surface area contributed by atoms with Crippen LogP contribution in [0.25, 0.3) is 0 Å². The van der Waals surface area contributed by atoms with Crippen molar-refractivity contribution in [3.05, 3.63) is 27.8 Å². The lowest BCUT2D eigenvalue weighted by atomic mass is 10.3. The van der Waals surface area contributed by atoms with Crippen LogP contribution in [-0.2, 0) is 4.79 Å². The van der Waals surface area contributed by atoms with Gasteiger partial charge in [0.2, 0.25) is 0 Å². The first-order valence-corrected chi connectivity index (χ1v) is 2.99. The Bertz CT molecular complexity index is 224. The van der Waals surface area contributed by atoms with Crippen molar-refractivity contribution in [2.24, 2.45) is 0 Å². The number of allylic oxidation sites excluding steroid dienone is 5. The summed E-state index contributed by atoms with van der Waals surface area (Å²) in [5, 5.41) is 0.796. The largest absolute Gasteiger partial charge is 0.233 e. The van der Waals surface area contributed by atoms with Gasteiger partial charge in [-0.05, 0) is 12.2 Å². The van der Waals surface area contributed by atoms with Gasteiger partial charge in [0.25, 0.3) is 0 Å². The normalized spacial score (nSPS) is 16.9. The van der Waals surface area contributed by atoms with Crippen LogP contribution in [0.5, 0.6) is 0 Å². The van der Waals surface area contributed by atoms with E-state index in [4.69, 9.17) is 23.2 Å². The highest BCUT2D eigenvalue weighted by Crippen LogP contribution is 2.27. The topological polar surface area (TPSA) is 17.1 Å². The van der Waals surface area contributed by atoms with Crippen molar-refractivity contribution in [3.8, 4) is 0 Å². The van der Waals surface area contributed by atoms with Gasteiger partial charge in [0.1, 0.15) is 5.94 Å². The summed E-state index contributed by atoms with van der Waals surface area (Å²) in [6, 6.07) is 0. The second-order valence-electron chi connectivity index (χ2n) is 1.54. The fourth-order valence-electron chi connectivity index (χ4n) is 0.512. The molecule has 0 bridgehead atoms. The highest BCUT2D eigenvalue weighted by molar-refractivity contribution is 6.45. The van der Waals surface area contributed by atoms with Crippen molar-refractivity contribution in [2.45, 2.75) is 0 Å². The smallest absolute Gasteiger partial charge is 0.132 e. The van der Waals surface area contributed by atoms with Crippen molar-refractivity contribution in [1.82, 2.24) is 0 Å². The third-order valence-corrected chi connectivity index (χ3v) is 1.63. The molecule has 0 spiro atoms. The predicted molar refractivity (Wildman–Crippen MR) is 37.1 cm³/mol. The van der Waals surface area contributed by atoms with E-state index in [-0.39, 0.29) is 0 Å². The van der Waals surface area contributed by atoms with Gasteiger partial charge < -0.3 is 0 Å². The molecule has 0 radical (unpaired) electrons. The standard InChI is InChI=1S/C6H2Cl2O/c7-5-1-4(3-9)2-6(5)8/h1-2H. The van der Waals surface area contributed by atoms with E-state index < -0.39 is 0 Å². The number of hydrogen-bond acceptors (Lipinski definition) is 1. The van der Waals surface area contributed by atoms with E-state index in [9.17, 15) is 4.79 Å². The molecule has 0 saturated carbocycles. The third-order valence-electron chi connectivity index (χ3n) is 0.910. The molecule has 1 nitrogen and oxygen atoms in total. The van der Waals surface area contributed by atoms with Crippen LogP contribution in [0.15, 0.2) is 27.8 Å². The molecule has 0 aliphatic heterocycles. The van der Waals surface area contributed by atoms with Gasteiger partial charge in [-0.25, -0.2) is 4.79 Å². The summed E-state index contributed by atoms with van der Waals surface area (Å²) in [5.41, 5.74) is 0.394. The first-order chi connectivity index (χ1) is 4.24. The van der Waals surface area contributed by atoms with Gasteiger partial charge in [-0.2, -0.15) is 0 Å². The van der Waals surface area contributed by atoms with Crippen LogP contribution in [0.1, 0.15) is 0 Å². The molecule has 1 rings (SSSR count). The molecule has 0 aromatic heterocycles. The summed E-state index contributed by atoms with van der Waals surface area (Å²) in [4.78, 5) is 9.93. The van der Waals surface area contributed by atoms with E-state index in [1.54, 1.807) is 5.94 Å². The Labute approximate surface area is 62.3 Å². The minimum Gasteiger partial charge on any atom is -0.233 e. The van der Waals surface area contributed by atoms with Crippen molar-refractivity contribution in [3.63, 3.8) is 0 Å². The van der Waals surface area contributed by atoms with Crippen LogP contribution < -0.4 is 0 Å². The lowest BCUT2D eigenvalue weighted by Crippen LogP contribution is -1.62. The van der Waals surface area contributed by atoms with E-state index in [0.717, 1.165) is 0 Å². The average molecular weight is 161 g/mol. The number of halogens is 2. The Kier molecular flexibility index (Phi) is 1.77. The third kappa shape index (κ3) is 1.25. The summed E-state index contributed by atoms with van der Waals surface area (Å²) >= 11 is 11.0.